The van der Waals surface area contributed by atoms with E-state index in [1.807, 2.05) is 30.3 Å². The van der Waals surface area contributed by atoms with Crippen LogP contribution >= 0.6 is 0 Å². The van der Waals surface area contributed by atoms with Gasteiger partial charge in [-0.1, -0.05) is 18.2 Å². The predicted molar refractivity (Wildman–Crippen MR) is 149 cm³/mol. The molecule has 1 fully saturated rings. The first kappa shape index (κ1) is 23.5. The molecule has 8 nitrogen and oxygen atoms in total. The minimum Gasteiger partial charge on any atom is -0.491 e. The van der Waals surface area contributed by atoms with Crippen molar-refractivity contribution < 1.29 is 9.13 Å². The van der Waals surface area contributed by atoms with Crippen LogP contribution in [0.4, 0.5) is 4.39 Å². The highest BCUT2D eigenvalue weighted by molar-refractivity contribution is 6.00. The quantitative estimate of drug-likeness (QED) is 0.275. The Morgan fingerprint density at radius 1 is 0.897 bits per heavy atom. The van der Waals surface area contributed by atoms with E-state index in [0.29, 0.717) is 23.4 Å². The van der Waals surface area contributed by atoms with E-state index in [2.05, 4.69) is 30.0 Å². The lowest BCUT2D eigenvalue weighted by Crippen LogP contribution is -2.25. The first-order valence-electron chi connectivity index (χ1n) is 13.1. The summed E-state index contributed by atoms with van der Waals surface area (Å²) in [6, 6.07) is 14.6. The number of nitrogens with one attached hydrogen (secondary N) is 2. The number of aromatic amines is 2. The van der Waals surface area contributed by atoms with Gasteiger partial charge in [-0.25, -0.2) is 9.37 Å². The van der Waals surface area contributed by atoms with E-state index < -0.39 is 0 Å². The van der Waals surface area contributed by atoms with Crippen LogP contribution in [0.25, 0.3) is 55.7 Å². The first-order valence-corrected chi connectivity index (χ1v) is 13.1. The van der Waals surface area contributed by atoms with Gasteiger partial charge < -0.3 is 9.72 Å². The average Bonchev–Trinajstić information content (AvgIpc) is 3.73. The smallest absolute Gasteiger partial charge is 0.138 e. The normalized spacial score (nSPS) is 14.0. The second-order valence-corrected chi connectivity index (χ2v) is 9.78. The highest BCUT2D eigenvalue weighted by Crippen LogP contribution is 2.34. The molecule has 194 valence electrons. The summed E-state index contributed by atoms with van der Waals surface area (Å²) in [4.78, 5) is 19.5. The number of halogens is 1. The van der Waals surface area contributed by atoms with E-state index in [-0.39, 0.29) is 5.82 Å². The molecule has 9 heteroatoms. The number of nitrogens with zero attached hydrogens (tertiary/aromatic N) is 5. The van der Waals surface area contributed by atoms with Gasteiger partial charge in [-0.2, -0.15) is 5.10 Å². The van der Waals surface area contributed by atoms with Crippen LogP contribution in [0.5, 0.6) is 5.75 Å². The van der Waals surface area contributed by atoms with Gasteiger partial charge in [0, 0.05) is 41.0 Å². The van der Waals surface area contributed by atoms with Crippen molar-refractivity contribution in [3.63, 3.8) is 0 Å². The number of aromatic nitrogens is 6. The Balaban J connectivity index is 1.21. The zero-order valence-electron chi connectivity index (χ0n) is 21.2. The van der Waals surface area contributed by atoms with Crippen LogP contribution in [-0.4, -0.2) is 61.3 Å². The van der Waals surface area contributed by atoms with E-state index >= 15 is 0 Å². The largest absolute Gasteiger partial charge is 0.491 e. The molecule has 0 amide bonds. The molecule has 0 spiro atoms. The van der Waals surface area contributed by atoms with E-state index in [9.17, 15) is 4.39 Å². The maximum atomic E-state index is 14.6. The van der Waals surface area contributed by atoms with Crippen molar-refractivity contribution in [2.24, 2.45) is 0 Å². The number of hydrogen-bond donors (Lipinski definition) is 2. The van der Waals surface area contributed by atoms with E-state index in [0.717, 1.165) is 64.3 Å². The third-order valence-corrected chi connectivity index (χ3v) is 7.26. The fraction of sp³-hybridized carbons (Fsp3) is 0.200. The molecule has 1 aromatic carbocycles. The monoisotopic (exact) mass is 519 g/mol. The fourth-order valence-corrected chi connectivity index (χ4v) is 5.26. The number of H-pyrrole nitrogens is 2. The first-order chi connectivity index (χ1) is 19.2. The standard InChI is InChI=1S/C30H26FN7O/c31-24-6-2-1-5-21(24)23-17-33-18-28-22(23)14-27(34-28)30-29-26(36-37-30)8-7-25(35-29)19-13-20(16-32-15-19)39-12-11-38-9-3-4-10-38/h1-2,5-8,13-18,34H,3-4,9-12H2,(H,36,37). The number of hydrogen-bond acceptors (Lipinski definition) is 6. The summed E-state index contributed by atoms with van der Waals surface area (Å²) < 4.78 is 20.6. The number of likely N-dealkylation sites (tertiary alicyclic amines) is 1. The molecule has 0 bridgehead atoms. The van der Waals surface area contributed by atoms with Crippen molar-refractivity contribution in [3.8, 4) is 39.5 Å². The van der Waals surface area contributed by atoms with Crippen LogP contribution in [0.15, 0.2) is 73.3 Å². The number of rotatable bonds is 7. The van der Waals surface area contributed by atoms with Crippen LogP contribution in [0, 0.1) is 5.82 Å². The summed E-state index contributed by atoms with van der Waals surface area (Å²) in [5.41, 5.74) is 6.62. The molecule has 1 saturated heterocycles. The molecule has 1 aliphatic heterocycles. The summed E-state index contributed by atoms with van der Waals surface area (Å²) >= 11 is 0. The van der Waals surface area contributed by atoms with Crippen molar-refractivity contribution in [1.29, 1.82) is 0 Å². The molecule has 6 heterocycles. The average molecular weight is 520 g/mol. The Hall–Kier alpha value is -4.63. The Kier molecular flexibility index (Phi) is 5.97. The summed E-state index contributed by atoms with van der Waals surface area (Å²) in [7, 11) is 0. The third-order valence-electron chi connectivity index (χ3n) is 7.26. The molecule has 0 unspecified atom stereocenters. The molecule has 39 heavy (non-hydrogen) atoms. The fourth-order valence-electron chi connectivity index (χ4n) is 5.26. The van der Waals surface area contributed by atoms with Gasteiger partial charge in [0.2, 0.25) is 0 Å². The van der Waals surface area contributed by atoms with Crippen molar-refractivity contribution in [2.45, 2.75) is 12.8 Å². The van der Waals surface area contributed by atoms with Crippen molar-refractivity contribution in [1.82, 2.24) is 35.0 Å². The van der Waals surface area contributed by atoms with Crippen LogP contribution in [0.2, 0.25) is 0 Å². The molecule has 1 aliphatic rings. The predicted octanol–water partition coefficient (Wildman–Crippen LogP) is 5.84. The molecule has 6 aromatic rings. The lowest BCUT2D eigenvalue weighted by atomic mass is 10.0. The molecule has 7 rings (SSSR count). The Morgan fingerprint density at radius 2 is 1.77 bits per heavy atom. The van der Waals surface area contributed by atoms with Crippen molar-refractivity contribution in [2.75, 3.05) is 26.2 Å². The second kappa shape index (κ2) is 9.92. The molecule has 0 aliphatic carbocycles. The molecule has 0 atom stereocenters. The van der Waals surface area contributed by atoms with Crippen LogP contribution in [0.3, 0.4) is 0 Å². The molecule has 2 N–H and O–H groups in total. The summed E-state index contributed by atoms with van der Waals surface area (Å²) in [5.74, 6) is 0.437. The van der Waals surface area contributed by atoms with E-state index in [1.165, 1.54) is 18.9 Å². The van der Waals surface area contributed by atoms with Gasteiger partial charge in [-0.3, -0.25) is 20.0 Å². The second-order valence-electron chi connectivity index (χ2n) is 9.78. The lowest BCUT2D eigenvalue weighted by Gasteiger charge is -2.15. The molecular formula is C30H26FN7O. The SMILES string of the molecule is Fc1ccccc1-c1cncc2[nH]c(-c3n[nH]c4ccc(-c5cncc(OCCN6CCCC6)c5)nc34)cc12. The minimum atomic E-state index is -0.290. The van der Waals surface area contributed by atoms with Crippen molar-refractivity contribution >= 4 is 21.9 Å². The van der Waals surface area contributed by atoms with Gasteiger partial charge in [0.05, 0.1) is 34.8 Å². The number of pyridine rings is 3. The summed E-state index contributed by atoms with van der Waals surface area (Å²) in [6.45, 7) is 3.85. The van der Waals surface area contributed by atoms with Gasteiger partial charge in [-0.05, 0) is 56.3 Å². The summed E-state index contributed by atoms with van der Waals surface area (Å²) in [5, 5.41) is 8.49. The zero-order valence-corrected chi connectivity index (χ0v) is 21.2. The zero-order chi connectivity index (χ0) is 26.2. The summed E-state index contributed by atoms with van der Waals surface area (Å²) in [6.07, 6.45) is 9.48. The Labute approximate surface area is 223 Å². The lowest BCUT2D eigenvalue weighted by molar-refractivity contribution is 0.237. The number of fused-ring (bicyclic) bond motifs is 2. The molecule has 0 radical (unpaired) electrons. The third kappa shape index (κ3) is 4.51. The molecular weight excluding hydrogens is 493 g/mol. The van der Waals surface area contributed by atoms with E-state index in [4.69, 9.17) is 9.72 Å². The number of benzene rings is 1. The van der Waals surface area contributed by atoms with Gasteiger partial charge in [0.15, 0.2) is 0 Å². The molecule has 5 aromatic heterocycles. The van der Waals surface area contributed by atoms with E-state index in [1.54, 1.807) is 36.9 Å². The highest BCUT2D eigenvalue weighted by atomic mass is 19.1. The van der Waals surface area contributed by atoms with Gasteiger partial charge in [-0.15, -0.1) is 0 Å². The van der Waals surface area contributed by atoms with Gasteiger partial charge >= 0.3 is 0 Å². The maximum Gasteiger partial charge on any atom is 0.138 e. The Bertz CT molecular complexity index is 1790. The van der Waals surface area contributed by atoms with Crippen LogP contribution < -0.4 is 4.74 Å². The van der Waals surface area contributed by atoms with Gasteiger partial charge in [0.1, 0.15) is 29.4 Å². The van der Waals surface area contributed by atoms with Crippen molar-refractivity contribution in [3.05, 3.63) is 79.1 Å². The minimum absolute atomic E-state index is 0.290. The topological polar surface area (TPSA) is 95.6 Å². The maximum absolute atomic E-state index is 14.6. The molecule has 0 saturated carbocycles. The Morgan fingerprint density at radius 3 is 2.67 bits per heavy atom. The highest BCUT2D eigenvalue weighted by Gasteiger charge is 2.17. The van der Waals surface area contributed by atoms with Crippen LogP contribution in [0.1, 0.15) is 12.8 Å². The van der Waals surface area contributed by atoms with Gasteiger partial charge in [0.25, 0.3) is 0 Å². The number of ether oxygens (including phenoxy) is 1. The van der Waals surface area contributed by atoms with Crippen LogP contribution in [-0.2, 0) is 0 Å².